The van der Waals surface area contributed by atoms with E-state index in [9.17, 15) is 4.79 Å². The Hall–Kier alpha value is -2.95. The summed E-state index contributed by atoms with van der Waals surface area (Å²) in [5, 5.41) is 4.40. The number of carbonyl (C=O) groups excluding carboxylic acids is 1. The summed E-state index contributed by atoms with van der Waals surface area (Å²) >= 11 is 0. The van der Waals surface area contributed by atoms with Crippen molar-refractivity contribution in [2.24, 2.45) is 5.92 Å². The second-order valence-corrected chi connectivity index (χ2v) is 7.91. The minimum Gasteiger partial charge on any atom is -0.493 e. The van der Waals surface area contributed by atoms with Gasteiger partial charge in [-0.15, -0.1) is 0 Å². The number of hydrogen-bond acceptors (Lipinski definition) is 3. The molecule has 0 bridgehead atoms. The average molecular weight is 407 g/mol. The van der Waals surface area contributed by atoms with E-state index >= 15 is 0 Å². The quantitative estimate of drug-likeness (QED) is 0.552. The van der Waals surface area contributed by atoms with Crippen LogP contribution in [-0.4, -0.2) is 31.2 Å². The topological polar surface area (TPSA) is 63.3 Å². The smallest absolute Gasteiger partial charge is 0.223 e. The summed E-state index contributed by atoms with van der Waals surface area (Å²) in [5.41, 5.74) is 3.35. The summed E-state index contributed by atoms with van der Waals surface area (Å²) in [6, 6.07) is 14.3. The number of aromatic nitrogens is 1. The summed E-state index contributed by atoms with van der Waals surface area (Å²) in [6.45, 7) is 3.09. The molecule has 5 heteroatoms. The normalized spacial score (nSPS) is 15.3. The molecule has 1 aliphatic carbocycles. The van der Waals surface area contributed by atoms with Gasteiger partial charge in [-0.2, -0.15) is 0 Å². The lowest BCUT2D eigenvalue weighted by molar-refractivity contribution is -0.124. The van der Waals surface area contributed by atoms with Crippen LogP contribution in [-0.2, 0) is 4.79 Å². The minimum absolute atomic E-state index is 0.0103. The molecule has 1 saturated carbocycles. The summed E-state index contributed by atoms with van der Waals surface area (Å²) in [4.78, 5) is 16.1. The first-order valence-corrected chi connectivity index (χ1v) is 10.9. The minimum atomic E-state index is 0.0103. The number of methoxy groups -OCH3 is 1. The number of rotatable bonds is 8. The zero-order chi connectivity index (χ0) is 20.9. The van der Waals surface area contributed by atoms with Crippen molar-refractivity contribution in [1.82, 2.24) is 10.3 Å². The molecule has 0 saturated heterocycles. The maximum absolute atomic E-state index is 12.7. The van der Waals surface area contributed by atoms with Gasteiger partial charge in [-0.1, -0.05) is 37.1 Å². The number of ether oxygens (including phenoxy) is 2. The molecule has 4 rings (SSSR count). The lowest BCUT2D eigenvalue weighted by Gasteiger charge is -2.21. The Bertz CT molecular complexity index is 1000. The van der Waals surface area contributed by atoms with Crippen LogP contribution in [0.2, 0.25) is 0 Å². The van der Waals surface area contributed by atoms with Crippen molar-refractivity contribution in [3.8, 4) is 11.5 Å². The van der Waals surface area contributed by atoms with Crippen molar-refractivity contribution in [2.75, 3.05) is 20.3 Å². The number of aromatic amines is 1. The van der Waals surface area contributed by atoms with Gasteiger partial charge in [0.05, 0.1) is 13.7 Å². The molecule has 3 aromatic rings. The van der Waals surface area contributed by atoms with Crippen LogP contribution in [0.3, 0.4) is 0 Å². The number of carbonyl (C=O) groups is 1. The van der Waals surface area contributed by atoms with E-state index in [1.54, 1.807) is 7.11 Å². The van der Waals surface area contributed by atoms with E-state index in [2.05, 4.69) is 34.7 Å². The second-order valence-electron chi connectivity index (χ2n) is 7.91. The Morgan fingerprint density at radius 3 is 2.73 bits per heavy atom. The van der Waals surface area contributed by atoms with Crippen LogP contribution < -0.4 is 14.8 Å². The largest absolute Gasteiger partial charge is 0.493 e. The molecule has 0 radical (unpaired) electrons. The molecule has 0 spiro atoms. The maximum Gasteiger partial charge on any atom is 0.223 e. The van der Waals surface area contributed by atoms with Crippen molar-refractivity contribution in [1.29, 1.82) is 0 Å². The molecular weight excluding hydrogens is 376 g/mol. The average Bonchev–Trinajstić information content (AvgIpc) is 3.45. The molecule has 0 aliphatic heterocycles. The highest BCUT2D eigenvalue weighted by atomic mass is 16.5. The van der Waals surface area contributed by atoms with Crippen molar-refractivity contribution in [3.63, 3.8) is 0 Å². The lowest BCUT2D eigenvalue weighted by Crippen LogP contribution is -2.33. The van der Waals surface area contributed by atoms with Gasteiger partial charge in [0.2, 0.25) is 5.91 Å². The molecule has 5 nitrogen and oxygen atoms in total. The number of hydrogen-bond donors (Lipinski definition) is 2. The van der Waals surface area contributed by atoms with E-state index in [-0.39, 0.29) is 17.7 Å². The fraction of sp³-hybridized carbons (Fsp3) is 0.400. The summed E-state index contributed by atoms with van der Waals surface area (Å²) in [7, 11) is 1.66. The number of benzene rings is 2. The highest BCUT2D eigenvalue weighted by Crippen LogP contribution is 2.36. The van der Waals surface area contributed by atoms with Crippen molar-refractivity contribution in [3.05, 3.63) is 59.8 Å². The number of fused-ring (bicyclic) bond motifs is 1. The van der Waals surface area contributed by atoms with Gasteiger partial charge in [0.25, 0.3) is 0 Å². The third kappa shape index (κ3) is 4.16. The van der Waals surface area contributed by atoms with Crippen molar-refractivity contribution in [2.45, 2.75) is 38.5 Å². The summed E-state index contributed by atoms with van der Waals surface area (Å²) in [5.74, 6) is 1.78. The van der Waals surface area contributed by atoms with Crippen LogP contribution in [0.25, 0.3) is 10.9 Å². The third-order valence-corrected chi connectivity index (χ3v) is 6.09. The number of nitrogens with one attached hydrogen (secondary N) is 2. The van der Waals surface area contributed by atoms with E-state index in [1.807, 2.05) is 31.2 Å². The summed E-state index contributed by atoms with van der Waals surface area (Å²) < 4.78 is 11.3. The first-order valence-electron chi connectivity index (χ1n) is 10.9. The van der Waals surface area contributed by atoms with E-state index in [0.717, 1.165) is 42.5 Å². The fourth-order valence-corrected chi connectivity index (χ4v) is 4.50. The molecule has 1 aliphatic rings. The first-order chi connectivity index (χ1) is 14.7. The van der Waals surface area contributed by atoms with E-state index < -0.39 is 0 Å². The Balaban J connectivity index is 1.67. The van der Waals surface area contributed by atoms with Gasteiger partial charge in [0.1, 0.15) is 0 Å². The molecule has 0 unspecified atom stereocenters. The standard InChI is InChI=1S/C25H30N2O3/c1-3-30-23-13-12-18(14-24(23)29-2)20(15-27-25(28)17-8-4-5-9-17)21-16-26-22-11-7-6-10-19(21)22/h6-7,10-14,16-17,20,26H,3-5,8-9,15H2,1-2H3,(H,27,28)/t20-/m1/s1. The zero-order valence-corrected chi connectivity index (χ0v) is 17.7. The Morgan fingerprint density at radius 1 is 1.17 bits per heavy atom. The van der Waals surface area contributed by atoms with Gasteiger partial charge >= 0.3 is 0 Å². The van der Waals surface area contributed by atoms with Crippen molar-refractivity contribution >= 4 is 16.8 Å². The van der Waals surface area contributed by atoms with Crippen LogP contribution in [0.15, 0.2) is 48.7 Å². The predicted octanol–water partition coefficient (Wildman–Crippen LogP) is 5.01. The van der Waals surface area contributed by atoms with Gasteiger partial charge in [-0.05, 0) is 49.1 Å². The van der Waals surface area contributed by atoms with Gasteiger partial charge < -0.3 is 19.8 Å². The van der Waals surface area contributed by atoms with Crippen LogP contribution in [0.4, 0.5) is 0 Å². The predicted molar refractivity (Wildman–Crippen MR) is 119 cm³/mol. The molecule has 1 fully saturated rings. The fourth-order valence-electron chi connectivity index (χ4n) is 4.50. The Labute approximate surface area is 177 Å². The first kappa shape index (κ1) is 20.3. The molecule has 158 valence electrons. The van der Waals surface area contributed by atoms with Gasteiger partial charge in [-0.3, -0.25) is 4.79 Å². The van der Waals surface area contributed by atoms with Crippen LogP contribution >= 0.6 is 0 Å². The molecule has 1 atom stereocenters. The van der Waals surface area contributed by atoms with Crippen LogP contribution in [0.1, 0.15) is 49.7 Å². The second kappa shape index (κ2) is 9.24. The molecule has 1 heterocycles. The number of H-pyrrole nitrogens is 1. The number of para-hydroxylation sites is 1. The molecule has 2 aromatic carbocycles. The van der Waals surface area contributed by atoms with Crippen LogP contribution in [0.5, 0.6) is 11.5 Å². The molecule has 30 heavy (non-hydrogen) atoms. The van der Waals surface area contributed by atoms with Gasteiger partial charge in [-0.25, -0.2) is 0 Å². The lowest BCUT2D eigenvalue weighted by atomic mass is 9.90. The van der Waals surface area contributed by atoms with Crippen LogP contribution in [0, 0.1) is 5.92 Å². The van der Waals surface area contributed by atoms with Crippen molar-refractivity contribution < 1.29 is 14.3 Å². The monoisotopic (exact) mass is 406 g/mol. The molecule has 1 aromatic heterocycles. The highest BCUT2D eigenvalue weighted by molar-refractivity contribution is 5.84. The van der Waals surface area contributed by atoms with E-state index in [4.69, 9.17) is 9.47 Å². The van der Waals surface area contributed by atoms with E-state index in [1.165, 1.54) is 10.9 Å². The molecular formula is C25H30N2O3. The summed E-state index contributed by atoms with van der Waals surface area (Å²) in [6.07, 6.45) is 6.36. The van der Waals surface area contributed by atoms with Gasteiger partial charge in [0.15, 0.2) is 11.5 Å². The Kier molecular flexibility index (Phi) is 6.26. The zero-order valence-electron chi connectivity index (χ0n) is 17.7. The molecule has 2 N–H and O–H groups in total. The molecule has 1 amide bonds. The highest BCUT2D eigenvalue weighted by Gasteiger charge is 2.25. The van der Waals surface area contributed by atoms with Gasteiger partial charge in [0, 0.05) is 35.5 Å². The third-order valence-electron chi connectivity index (χ3n) is 6.09. The van der Waals surface area contributed by atoms with E-state index in [0.29, 0.717) is 18.9 Å². The number of amides is 1. The maximum atomic E-state index is 12.7. The Morgan fingerprint density at radius 2 is 1.97 bits per heavy atom. The SMILES string of the molecule is CCOc1ccc([C@@H](CNC(=O)C2CCCC2)c2c[nH]c3ccccc23)cc1OC.